The number of aromatic nitrogens is 3. The summed E-state index contributed by atoms with van der Waals surface area (Å²) in [6.07, 6.45) is 20.8. The normalized spacial score (nSPS) is 20.6. The molecular weight excluding hydrogens is 671 g/mol. The van der Waals surface area contributed by atoms with Crippen molar-refractivity contribution < 1.29 is 4.74 Å². The van der Waals surface area contributed by atoms with Crippen molar-refractivity contribution in [3.63, 3.8) is 0 Å². The average molecular weight is 708 g/mol. The molecule has 4 heteroatoms. The Hall–Kier alpha value is -6.65. The van der Waals surface area contributed by atoms with Gasteiger partial charge in [0.05, 0.1) is 5.41 Å². The fourth-order valence-corrected chi connectivity index (χ4v) is 9.43. The van der Waals surface area contributed by atoms with Crippen LogP contribution in [0.5, 0.6) is 11.5 Å². The van der Waals surface area contributed by atoms with Crippen molar-refractivity contribution in [1.82, 2.24) is 15.0 Å². The monoisotopic (exact) mass is 707 g/mol. The van der Waals surface area contributed by atoms with E-state index in [2.05, 4.69) is 165 Å². The van der Waals surface area contributed by atoms with E-state index in [0.29, 0.717) is 5.82 Å². The molecule has 4 aliphatic carbocycles. The zero-order valence-corrected chi connectivity index (χ0v) is 30.4. The smallest absolute Gasteiger partial charge is 0.163 e. The van der Waals surface area contributed by atoms with Gasteiger partial charge in [0.1, 0.15) is 17.3 Å². The minimum atomic E-state index is -0.479. The van der Waals surface area contributed by atoms with E-state index in [1.54, 1.807) is 0 Å². The van der Waals surface area contributed by atoms with Gasteiger partial charge in [0.2, 0.25) is 0 Å². The number of benzene rings is 5. The Morgan fingerprint density at radius 3 is 2.11 bits per heavy atom. The summed E-state index contributed by atoms with van der Waals surface area (Å²) < 4.78 is 6.85. The Kier molecular flexibility index (Phi) is 7.21. The lowest BCUT2D eigenvalue weighted by atomic mass is 9.66. The van der Waals surface area contributed by atoms with Crippen LogP contribution in [0.2, 0.25) is 0 Å². The Bertz CT molecular complexity index is 2700. The molecule has 1 aromatic heterocycles. The van der Waals surface area contributed by atoms with Crippen LogP contribution in [0, 0.1) is 11.8 Å². The fraction of sp³-hybridized carbons (Fsp3) is 0.118. The van der Waals surface area contributed by atoms with Gasteiger partial charge in [0.15, 0.2) is 11.6 Å². The van der Waals surface area contributed by atoms with Crippen molar-refractivity contribution in [3.8, 4) is 34.0 Å². The lowest BCUT2D eigenvalue weighted by molar-refractivity contribution is 0.436. The third kappa shape index (κ3) is 4.87. The zero-order chi connectivity index (χ0) is 36.5. The third-order valence-corrected chi connectivity index (χ3v) is 12.1. The van der Waals surface area contributed by atoms with E-state index >= 15 is 0 Å². The summed E-state index contributed by atoms with van der Waals surface area (Å²) in [6, 6.07) is 43.4. The first kappa shape index (κ1) is 31.8. The molecule has 6 aromatic rings. The number of hydrogen-bond acceptors (Lipinski definition) is 4. The van der Waals surface area contributed by atoms with Crippen molar-refractivity contribution in [1.29, 1.82) is 0 Å². The predicted octanol–water partition coefficient (Wildman–Crippen LogP) is 11.8. The minimum Gasteiger partial charge on any atom is -0.457 e. The zero-order valence-electron chi connectivity index (χ0n) is 30.4. The second kappa shape index (κ2) is 12.5. The third-order valence-electron chi connectivity index (χ3n) is 12.1. The van der Waals surface area contributed by atoms with Gasteiger partial charge >= 0.3 is 0 Å². The molecule has 11 rings (SSSR count). The van der Waals surface area contributed by atoms with Crippen LogP contribution < -0.4 is 4.74 Å². The quantitative estimate of drug-likeness (QED) is 0.183. The van der Waals surface area contributed by atoms with Crippen molar-refractivity contribution in [3.05, 3.63) is 221 Å². The number of ether oxygens (including phenoxy) is 1. The molecule has 0 fully saturated rings. The number of rotatable bonds is 4. The van der Waals surface area contributed by atoms with Gasteiger partial charge in [-0.15, -0.1) is 0 Å². The molecular formula is C51H37N3O. The number of allylic oxidation sites excluding steroid dienone is 12. The van der Waals surface area contributed by atoms with Gasteiger partial charge in [0, 0.05) is 34.1 Å². The highest BCUT2D eigenvalue weighted by atomic mass is 16.5. The highest BCUT2D eigenvalue weighted by molar-refractivity contribution is 5.90. The van der Waals surface area contributed by atoms with Crippen LogP contribution in [0.1, 0.15) is 58.7 Å². The summed E-state index contributed by atoms with van der Waals surface area (Å²) in [5, 5.41) is 0. The van der Waals surface area contributed by atoms with E-state index in [1.165, 1.54) is 33.4 Å². The Morgan fingerprint density at radius 2 is 1.29 bits per heavy atom. The number of nitrogens with zero attached hydrogens (tertiary/aromatic N) is 3. The Morgan fingerprint density at radius 1 is 0.600 bits per heavy atom. The van der Waals surface area contributed by atoms with Crippen molar-refractivity contribution in [2.75, 3.05) is 0 Å². The van der Waals surface area contributed by atoms with Crippen LogP contribution in [-0.4, -0.2) is 15.0 Å². The lowest BCUT2D eigenvalue weighted by Crippen LogP contribution is -2.32. The van der Waals surface area contributed by atoms with Gasteiger partial charge < -0.3 is 4.74 Å². The Balaban J connectivity index is 1.04. The van der Waals surface area contributed by atoms with Crippen molar-refractivity contribution in [2.45, 2.75) is 24.7 Å². The van der Waals surface area contributed by atoms with Crippen molar-refractivity contribution in [2.24, 2.45) is 11.8 Å². The first-order valence-corrected chi connectivity index (χ1v) is 19.3. The molecule has 0 amide bonds. The molecule has 2 heterocycles. The summed E-state index contributed by atoms with van der Waals surface area (Å²) >= 11 is 0. The first-order valence-electron chi connectivity index (χ1n) is 19.3. The highest BCUT2D eigenvalue weighted by Crippen LogP contribution is 2.62. The second-order valence-electron chi connectivity index (χ2n) is 15.1. The van der Waals surface area contributed by atoms with Crippen LogP contribution in [0.3, 0.4) is 0 Å². The summed E-state index contributed by atoms with van der Waals surface area (Å²) in [4.78, 5) is 15.6. The molecule has 0 bridgehead atoms. The molecule has 3 atom stereocenters. The minimum absolute atomic E-state index is 0.0127. The van der Waals surface area contributed by atoms with Gasteiger partial charge in [-0.25, -0.2) is 15.0 Å². The van der Waals surface area contributed by atoms with Gasteiger partial charge in [0.25, 0.3) is 0 Å². The summed E-state index contributed by atoms with van der Waals surface area (Å²) in [6.45, 7) is 2.27. The molecule has 1 spiro atoms. The van der Waals surface area contributed by atoms with E-state index in [4.69, 9.17) is 19.7 Å². The first-order chi connectivity index (χ1) is 27.2. The molecule has 5 aliphatic rings. The topological polar surface area (TPSA) is 47.9 Å². The molecule has 0 radical (unpaired) electrons. The number of hydrogen-bond donors (Lipinski definition) is 0. The molecule has 4 nitrogen and oxygen atoms in total. The number of para-hydroxylation sites is 1. The fourth-order valence-electron chi connectivity index (χ4n) is 9.43. The summed E-state index contributed by atoms with van der Waals surface area (Å²) in [5.74, 6) is 4.44. The largest absolute Gasteiger partial charge is 0.457 e. The molecule has 0 saturated heterocycles. The summed E-state index contributed by atoms with van der Waals surface area (Å²) in [7, 11) is 0. The summed E-state index contributed by atoms with van der Waals surface area (Å²) in [5.41, 5.74) is 12.6. The van der Waals surface area contributed by atoms with Gasteiger partial charge in [-0.1, -0.05) is 165 Å². The van der Waals surface area contributed by atoms with Crippen LogP contribution in [-0.2, 0) is 5.41 Å². The maximum Gasteiger partial charge on any atom is 0.163 e. The molecule has 3 unspecified atom stereocenters. The lowest BCUT2D eigenvalue weighted by Gasteiger charge is -2.39. The van der Waals surface area contributed by atoms with E-state index in [1.807, 2.05) is 18.2 Å². The average Bonchev–Trinajstić information content (AvgIpc) is 3.54. The molecule has 1 aliphatic heterocycles. The molecule has 55 heavy (non-hydrogen) atoms. The van der Waals surface area contributed by atoms with E-state index < -0.39 is 5.41 Å². The second-order valence-corrected chi connectivity index (χ2v) is 15.1. The van der Waals surface area contributed by atoms with Crippen LogP contribution in [0.15, 0.2) is 182 Å². The van der Waals surface area contributed by atoms with Crippen LogP contribution in [0.4, 0.5) is 0 Å². The van der Waals surface area contributed by atoms with Crippen LogP contribution in [0.25, 0.3) is 33.7 Å². The molecule has 262 valence electrons. The van der Waals surface area contributed by atoms with Gasteiger partial charge in [-0.3, -0.25) is 0 Å². The highest BCUT2D eigenvalue weighted by Gasteiger charge is 2.51. The van der Waals surface area contributed by atoms with E-state index in [0.717, 1.165) is 57.4 Å². The van der Waals surface area contributed by atoms with Crippen LogP contribution >= 0.6 is 0 Å². The maximum atomic E-state index is 6.85. The Labute approximate surface area is 321 Å². The molecule has 0 N–H and O–H groups in total. The van der Waals surface area contributed by atoms with Crippen molar-refractivity contribution >= 4 is 11.1 Å². The standard InChI is InChI=1S/C51H37N3O/c1-32-26-27-35(30-41(32)50-53-48(34-15-3-2-4-16-34)52-49(54-50)40-21-13-17-33-14-5-6-18-37(33)40)36-28-29-45-47(31-36)55-46-25-12-11-24-44(46)51(45)42-22-9-7-19-38(42)39-20-8-10-23-43(39)51/h2-25,27-32,37,40H,26H2,1H3. The molecule has 0 saturated carbocycles. The SMILES string of the molecule is CC1CC=C(c2ccc3c(c2)Oc2ccccc2C32c3ccccc3-c3ccccc32)C=C1c1nc(-c2ccccc2)nc(C2C=CC=C3C=CC=CC32)n1. The van der Waals surface area contributed by atoms with E-state index in [9.17, 15) is 0 Å². The maximum absolute atomic E-state index is 6.85. The number of fused-ring (bicyclic) bond motifs is 10. The van der Waals surface area contributed by atoms with E-state index in [-0.39, 0.29) is 17.8 Å². The predicted molar refractivity (Wildman–Crippen MR) is 221 cm³/mol. The molecule has 5 aromatic carbocycles. The van der Waals surface area contributed by atoms with Gasteiger partial charge in [-0.2, -0.15) is 0 Å². The van der Waals surface area contributed by atoms with Gasteiger partial charge in [-0.05, 0) is 69.5 Å².